The van der Waals surface area contributed by atoms with Crippen molar-refractivity contribution < 1.29 is 4.74 Å². The number of rotatable bonds is 3. The lowest BCUT2D eigenvalue weighted by Gasteiger charge is -2.08. The highest BCUT2D eigenvalue weighted by atomic mass is 32.1. The van der Waals surface area contributed by atoms with Crippen molar-refractivity contribution in [3.8, 4) is 22.1 Å². The number of nitrogens with zero attached hydrogens (tertiary/aromatic N) is 3. The molecule has 25 heavy (non-hydrogen) atoms. The summed E-state index contributed by atoms with van der Waals surface area (Å²) in [5.41, 5.74) is 1.15. The fourth-order valence-electron chi connectivity index (χ4n) is 2.33. The molecule has 0 amide bonds. The van der Waals surface area contributed by atoms with Crippen molar-refractivity contribution in [3.05, 3.63) is 76.6 Å². The average Bonchev–Trinajstić information content (AvgIpc) is 3.09. The van der Waals surface area contributed by atoms with E-state index < -0.39 is 0 Å². The first kappa shape index (κ1) is 15.1. The van der Waals surface area contributed by atoms with E-state index in [-0.39, 0.29) is 5.56 Å². The maximum Gasteiger partial charge on any atom is 0.278 e. The van der Waals surface area contributed by atoms with Crippen LogP contribution < -0.4 is 10.3 Å². The van der Waals surface area contributed by atoms with Gasteiger partial charge >= 0.3 is 0 Å². The van der Waals surface area contributed by atoms with Gasteiger partial charge < -0.3 is 9.72 Å². The molecule has 0 aliphatic carbocycles. The summed E-state index contributed by atoms with van der Waals surface area (Å²) >= 11 is 1.31. The predicted octanol–water partition coefficient (Wildman–Crippen LogP) is 4.39. The molecule has 0 saturated heterocycles. The largest absolute Gasteiger partial charge is 0.468 e. The Bertz CT molecular complexity index is 1160. The lowest BCUT2D eigenvalue weighted by molar-refractivity contribution is 0.485. The molecule has 0 spiro atoms. The van der Waals surface area contributed by atoms with Crippen LogP contribution in [0, 0.1) is 6.57 Å². The quantitative estimate of drug-likeness (QED) is 0.558. The van der Waals surface area contributed by atoms with E-state index in [9.17, 15) is 4.79 Å². The number of para-hydroxylation sites is 1. The van der Waals surface area contributed by atoms with Crippen molar-refractivity contribution in [1.82, 2.24) is 15.0 Å². The summed E-state index contributed by atoms with van der Waals surface area (Å²) in [6, 6.07) is 14.5. The summed E-state index contributed by atoms with van der Waals surface area (Å²) in [5, 5.41) is 0.635. The Balaban J connectivity index is 1.75. The first-order chi connectivity index (χ1) is 12.2. The van der Waals surface area contributed by atoms with Crippen LogP contribution in [-0.2, 0) is 0 Å². The lowest BCUT2D eigenvalue weighted by atomic mass is 10.2. The zero-order valence-electron chi connectivity index (χ0n) is 12.8. The molecule has 120 valence electrons. The van der Waals surface area contributed by atoms with Crippen LogP contribution in [0.25, 0.3) is 25.8 Å². The second kappa shape index (κ2) is 6.19. The number of thiazole rings is 1. The zero-order chi connectivity index (χ0) is 17.2. The molecule has 0 bridgehead atoms. The average molecular weight is 346 g/mol. The normalized spacial score (nSPS) is 10.5. The number of ether oxygens (including phenoxy) is 1. The predicted molar refractivity (Wildman–Crippen MR) is 96.2 cm³/mol. The van der Waals surface area contributed by atoms with Crippen molar-refractivity contribution in [1.29, 1.82) is 0 Å². The molecule has 0 radical (unpaired) electrons. The van der Waals surface area contributed by atoms with E-state index in [1.807, 2.05) is 36.4 Å². The molecule has 7 heteroatoms. The minimum absolute atomic E-state index is 0.276. The summed E-state index contributed by atoms with van der Waals surface area (Å²) in [7, 11) is 0. The lowest BCUT2D eigenvalue weighted by Crippen LogP contribution is -2.05. The number of aromatic nitrogens is 3. The van der Waals surface area contributed by atoms with Crippen LogP contribution in [-0.4, -0.2) is 15.0 Å². The molecule has 2 aromatic heterocycles. The molecule has 0 atom stereocenters. The maximum atomic E-state index is 11.8. The third-order valence-electron chi connectivity index (χ3n) is 3.50. The van der Waals surface area contributed by atoms with Crippen LogP contribution in [0.4, 0.5) is 5.69 Å². The number of fused-ring (bicyclic) bond motifs is 1. The van der Waals surface area contributed by atoms with Crippen molar-refractivity contribution in [2.75, 3.05) is 0 Å². The van der Waals surface area contributed by atoms with Crippen molar-refractivity contribution in [2.45, 2.75) is 0 Å². The van der Waals surface area contributed by atoms with Gasteiger partial charge in [0, 0.05) is 5.56 Å². The number of aromatic amines is 1. The van der Waals surface area contributed by atoms with Crippen LogP contribution >= 0.6 is 11.3 Å². The minimum Gasteiger partial charge on any atom is -0.468 e. The second-order valence-corrected chi connectivity index (χ2v) is 6.09. The molecule has 4 aromatic rings. The monoisotopic (exact) mass is 346 g/mol. The van der Waals surface area contributed by atoms with Crippen molar-refractivity contribution in [3.63, 3.8) is 0 Å². The van der Waals surface area contributed by atoms with Crippen LogP contribution in [0.3, 0.4) is 0 Å². The van der Waals surface area contributed by atoms with E-state index in [2.05, 4.69) is 19.8 Å². The smallest absolute Gasteiger partial charge is 0.278 e. The van der Waals surface area contributed by atoms with E-state index in [0.29, 0.717) is 32.5 Å². The van der Waals surface area contributed by atoms with Crippen LogP contribution in [0.1, 0.15) is 0 Å². The fourth-order valence-corrected chi connectivity index (χ4v) is 3.23. The Labute approximate surface area is 146 Å². The van der Waals surface area contributed by atoms with Gasteiger partial charge in [-0.1, -0.05) is 35.6 Å². The molecule has 0 unspecified atom stereocenters. The van der Waals surface area contributed by atoms with Gasteiger partial charge in [-0.15, -0.1) is 0 Å². The first-order valence-corrected chi connectivity index (χ1v) is 8.15. The van der Waals surface area contributed by atoms with Gasteiger partial charge in [-0.25, -0.2) is 14.8 Å². The van der Waals surface area contributed by atoms with E-state index in [1.54, 1.807) is 12.1 Å². The van der Waals surface area contributed by atoms with Crippen LogP contribution in [0.15, 0.2) is 59.7 Å². The van der Waals surface area contributed by atoms with Crippen LogP contribution in [0.2, 0.25) is 0 Å². The molecule has 0 fully saturated rings. The molecule has 6 nitrogen and oxygen atoms in total. The fraction of sp³-hybridized carbons (Fsp3) is 0. The molecule has 0 saturated carbocycles. The number of benzene rings is 2. The SMILES string of the molecule is [C-]#[N+]c1cc(-c2nc3c(=O)[nH]cnc3s2)ccc1Oc1ccccc1. The third kappa shape index (κ3) is 2.86. The number of hydrogen-bond donors (Lipinski definition) is 1. The van der Waals surface area contributed by atoms with E-state index in [1.165, 1.54) is 17.7 Å². The Kier molecular flexibility index (Phi) is 3.72. The zero-order valence-corrected chi connectivity index (χ0v) is 13.6. The summed E-state index contributed by atoms with van der Waals surface area (Å²) in [6.45, 7) is 7.41. The van der Waals surface area contributed by atoms with Gasteiger partial charge in [0.1, 0.15) is 16.5 Å². The topological polar surface area (TPSA) is 72.2 Å². The minimum atomic E-state index is -0.276. The standard InChI is InChI=1S/C18H10N4O2S/c1-19-13-9-11(7-8-14(13)24-12-5-3-2-4-6-12)17-22-15-16(23)20-10-21-18(15)25-17/h2-10H,(H,20,21,23). The first-order valence-electron chi connectivity index (χ1n) is 7.33. The Morgan fingerprint density at radius 3 is 2.76 bits per heavy atom. The van der Waals surface area contributed by atoms with Gasteiger partial charge in [0.2, 0.25) is 5.69 Å². The van der Waals surface area contributed by atoms with E-state index in [4.69, 9.17) is 11.3 Å². The van der Waals surface area contributed by atoms with Crippen molar-refractivity contribution in [2.24, 2.45) is 0 Å². The van der Waals surface area contributed by atoms with E-state index in [0.717, 1.165) is 5.56 Å². The molecule has 0 aliphatic rings. The van der Waals surface area contributed by atoms with Gasteiger partial charge in [0.25, 0.3) is 5.56 Å². The van der Waals surface area contributed by atoms with Gasteiger partial charge in [0.15, 0.2) is 10.3 Å². The summed E-state index contributed by atoms with van der Waals surface area (Å²) in [6.07, 6.45) is 1.36. The third-order valence-corrected chi connectivity index (χ3v) is 4.51. The number of H-pyrrole nitrogens is 1. The van der Waals surface area contributed by atoms with Crippen LogP contribution in [0.5, 0.6) is 11.5 Å². The maximum absolute atomic E-state index is 11.8. The van der Waals surface area contributed by atoms with Gasteiger partial charge in [-0.2, -0.15) is 0 Å². The molecule has 1 N–H and O–H groups in total. The molecular weight excluding hydrogens is 336 g/mol. The highest BCUT2D eigenvalue weighted by Gasteiger charge is 2.13. The van der Waals surface area contributed by atoms with Gasteiger partial charge in [-0.3, -0.25) is 4.79 Å². The molecule has 2 heterocycles. The second-order valence-electron chi connectivity index (χ2n) is 5.11. The number of nitrogens with one attached hydrogen (secondary N) is 1. The molecule has 2 aromatic carbocycles. The van der Waals surface area contributed by atoms with Gasteiger partial charge in [0.05, 0.1) is 12.9 Å². The Hall–Kier alpha value is -3.50. The highest BCUT2D eigenvalue weighted by Crippen LogP contribution is 2.37. The Morgan fingerprint density at radius 1 is 1.16 bits per heavy atom. The summed E-state index contributed by atoms with van der Waals surface area (Å²) in [4.78, 5) is 26.9. The van der Waals surface area contributed by atoms with Gasteiger partial charge in [-0.05, 0) is 24.3 Å². The highest BCUT2D eigenvalue weighted by molar-refractivity contribution is 7.21. The number of hydrogen-bond acceptors (Lipinski definition) is 5. The van der Waals surface area contributed by atoms with Crippen molar-refractivity contribution >= 4 is 27.4 Å². The molecular formula is C18H10N4O2S. The summed E-state index contributed by atoms with van der Waals surface area (Å²) < 4.78 is 5.77. The molecule has 4 rings (SSSR count). The van der Waals surface area contributed by atoms with E-state index >= 15 is 0 Å². The Morgan fingerprint density at radius 2 is 2.00 bits per heavy atom. The summed E-state index contributed by atoms with van der Waals surface area (Å²) in [5.74, 6) is 1.14. The molecule has 0 aliphatic heterocycles.